The van der Waals surface area contributed by atoms with E-state index in [1.54, 1.807) is 12.1 Å². The fourth-order valence-electron chi connectivity index (χ4n) is 6.86. The fourth-order valence-corrected chi connectivity index (χ4v) is 6.86. The highest BCUT2D eigenvalue weighted by Crippen LogP contribution is 2.55. The summed E-state index contributed by atoms with van der Waals surface area (Å²) >= 11 is 0. The molecule has 7 heteroatoms. The number of hydrogen-bond donors (Lipinski definition) is 4. The average molecular weight is 483 g/mol. The quantitative estimate of drug-likeness (QED) is 0.331. The zero-order valence-electron chi connectivity index (χ0n) is 20.0. The molecule has 0 radical (unpaired) electrons. The van der Waals surface area contributed by atoms with E-state index in [2.05, 4.69) is 20.9 Å². The molecule has 1 amide bonds. The molecule has 7 rings (SSSR count). The summed E-state index contributed by atoms with van der Waals surface area (Å²) in [6.07, 6.45) is 7.53. The van der Waals surface area contributed by atoms with Crippen LogP contribution >= 0.6 is 0 Å². The highest BCUT2D eigenvalue weighted by molar-refractivity contribution is 5.95. The van der Waals surface area contributed by atoms with Gasteiger partial charge in [0.2, 0.25) is 0 Å². The van der Waals surface area contributed by atoms with Crippen LogP contribution in [-0.4, -0.2) is 27.5 Å². The van der Waals surface area contributed by atoms with Crippen molar-refractivity contribution >= 4 is 34.8 Å². The number of nitrogens with zero attached hydrogens (tertiary/aromatic N) is 1. The minimum absolute atomic E-state index is 0.00616. The molecule has 4 aliphatic carbocycles. The Hall–Kier alpha value is -3.87. The van der Waals surface area contributed by atoms with Crippen molar-refractivity contribution in [3.63, 3.8) is 0 Å². The van der Waals surface area contributed by atoms with Crippen molar-refractivity contribution in [1.82, 2.24) is 10.3 Å². The predicted molar refractivity (Wildman–Crippen MR) is 139 cm³/mol. The first-order valence-electron chi connectivity index (χ1n) is 12.7. The van der Waals surface area contributed by atoms with E-state index in [9.17, 15) is 9.59 Å². The molecule has 4 fully saturated rings. The Balaban J connectivity index is 1.06. The lowest BCUT2D eigenvalue weighted by atomic mass is 9.53. The van der Waals surface area contributed by atoms with E-state index >= 15 is 0 Å². The standard InChI is InChI=1S/C29H30N4O3/c34-27(33-29-15-18-12-19(16-29)14-20(13-18)17-29)21-4-6-22(7-5-21)30-23-8-10-24(11-9-23)31-26-3-1-2-25(32-26)28(35)36/h1-11,18-20,30H,12-17H2,(H,31,32)(H,33,34)(H,35,36). The van der Waals surface area contributed by atoms with Crippen molar-refractivity contribution in [2.24, 2.45) is 17.8 Å². The second kappa shape index (κ2) is 8.97. The van der Waals surface area contributed by atoms with Gasteiger partial charge in [-0.3, -0.25) is 4.79 Å². The summed E-state index contributed by atoms with van der Waals surface area (Å²) in [5, 5.41) is 19.0. The van der Waals surface area contributed by atoms with Crippen LogP contribution in [0.3, 0.4) is 0 Å². The van der Waals surface area contributed by atoms with Crippen molar-refractivity contribution in [1.29, 1.82) is 0 Å². The molecule has 184 valence electrons. The van der Waals surface area contributed by atoms with Crippen LogP contribution in [0, 0.1) is 17.8 Å². The Morgan fingerprint density at radius 3 is 1.83 bits per heavy atom. The summed E-state index contributed by atoms with van der Waals surface area (Å²) in [5.41, 5.74) is 3.31. The van der Waals surface area contributed by atoms with Gasteiger partial charge < -0.3 is 21.1 Å². The molecule has 1 aromatic heterocycles. The van der Waals surface area contributed by atoms with Gasteiger partial charge in [-0.2, -0.15) is 0 Å². The number of aromatic nitrogens is 1. The van der Waals surface area contributed by atoms with E-state index in [0.29, 0.717) is 11.4 Å². The topological polar surface area (TPSA) is 103 Å². The summed E-state index contributed by atoms with van der Waals surface area (Å²) < 4.78 is 0. The van der Waals surface area contributed by atoms with E-state index in [4.69, 9.17) is 5.11 Å². The number of carboxylic acids is 1. The number of benzene rings is 2. The van der Waals surface area contributed by atoms with Gasteiger partial charge in [-0.1, -0.05) is 6.07 Å². The maximum Gasteiger partial charge on any atom is 0.354 e. The smallest absolute Gasteiger partial charge is 0.354 e. The Bertz CT molecular complexity index is 1250. The molecule has 4 aliphatic rings. The van der Waals surface area contributed by atoms with Crippen molar-refractivity contribution in [2.75, 3.05) is 10.6 Å². The molecule has 7 nitrogen and oxygen atoms in total. The van der Waals surface area contributed by atoms with Crippen molar-refractivity contribution < 1.29 is 14.7 Å². The Kier molecular flexibility index (Phi) is 5.63. The summed E-state index contributed by atoms with van der Waals surface area (Å²) in [4.78, 5) is 28.3. The molecule has 4 saturated carbocycles. The molecule has 4 N–H and O–H groups in total. The summed E-state index contributed by atoms with van der Waals surface area (Å²) in [6.45, 7) is 0. The lowest BCUT2D eigenvalue weighted by Gasteiger charge is -2.56. The molecule has 0 atom stereocenters. The van der Waals surface area contributed by atoms with Gasteiger partial charge in [-0.25, -0.2) is 9.78 Å². The van der Waals surface area contributed by atoms with Crippen molar-refractivity contribution in [2.45, 2.75) is 44.1 Å². The Morgan fingerprint density at radius 2 is 1.28 bits per heavy atom. The molecule has 1 heterocycles. The van der Waals surface area contributed by atoms with Crippen LogP contribution in [0.5, 0.6) is 0 Å². The van der Waals surface area contributed by atoms with Gasteiger partial charge in [-0.05, 0) is 117 Å². The normalized spacial score (nSPS) is 25.8. The largest absolute Gasteiger partial charge is 0.477 e. The van der Waals surface area contributed by atoms with Crippen molar-refractivity contribution in [3.8, 4) is 0 Å². The van der Waals surface area contributed by atoms with Crippen LogP contribution in [0.1, 0.15) is 59.4 Å². The van der Waals surface area contributed by atoms with E-state index in [1.165, 1.54) is 25.3 Å². The minimum Gasteiger partial charge on any atom is -0.477 e. The molecule has 0 spiro atoms. The van der Waals surface area contributed by atoms with E-state index in [0.717, 1.165) is 54.1 Å². The summed E-state index contributed by atoms with van der Waals surface area (Å²) in [5.74, 6) is 1.86. The van der Waals surface area contributed by atoms with E-state index in [1.807, 2.05) is 48.5 Å². The highest BCUT2D eigenvalue weighted by Gasteiger charge is 2.51. The Morgan fingerprint density at radius 1 is 0.750 bits per heavy atom. The zero-order valence-corrected chi connectivity index (χ0v) is 20.0. The highest BCUT2D eigenvalue weighted by atomic mass is 16.4. The molecule has 0 aliphatic heterocycles. The molecule has 3 aromatic rings. The van der Waals surface area contributed by atoms with Gasteiger partial charge >= 0.3 is 5.97 Å². The second-order valence-corrected chi connectivity index (χ2v) is 10.8. The fraction of sp³-hybridized carbons (Fsp3) is 0.345. The number of rotatable bonds is 7. The third-order valence-corrected chi connectivity index (χ3v) is 7.98. The van der Waals surface area contributed by atoms with Gasteiger partial charge in [0.15, 0.2) is 5.69 Å². The number of aromatic carboxylic acids is 1. The molecular weight excluding hydrogens is 452 g/mol. The number of carbonyl (C=O) groups is 2. The van der Waals surface area contributed by atoms with Gasteiger partial charge in [0.05, 0.1) is 0 Å². The van der Waals surface area contributed by atoms with Gasteiger partial charge in [-0.15, -0.1) is 0 Å². The predicted octanol–water partition coefficient (Wildman–Crippen LogP) is 5.97. The number of nitrogens with one attached hydrogen (secondary N) is 3. The van der Waals surface area contributed by atoms with E-state index in [-0.39, 0.29) is 17.1 Å². The monoisotopic (exact) mass is 482 g/mol. The first-order chi connectivity index (χ1) is 17.4. The molecule has 4 bridgehead atoms. The molecule has 2 aromatic carbocycles. The third-order valence-electron chi connectivity index (χ3n) is 7.98. The van der Waals surface area contributed by atoms with E-state index < -0.39 is 5.97 Å². The number of carboxylic acid groups (broad SMARTS) is 1. The SMILES string of the molecule is O=C(NC12CC3CC(CC(C3)C1)C2)c1ccc(Nc2ccc(Nc3cccc(C(=O)O)n3)cc2)cc1. The number of hydrogen-bond acceptors (Lipinski definition) is 5. The maximum absolute atomic E-state index is 13.1. The van der Waals surface area contributed by atoms with Crippen LogP contribution in [0.25, 0.3) is 0 Å². The number of amides is 1. The first kappa shape index (κ1) is 22.6. The number of carbonyl (C=O) groups excluding carboxylic acids is 1. The second-order valence-electron chi connectivity index (χ2n) is 10.8. The van der Waals surface area contributed by atoms with Gasteiger partial charge in [0.1, 0.15) is 5.82 Å². The summed E-state index contributed by atoms with van der Waals surface area (Å²) in [6, 6.07) is 20.1. The summed E-state index contributed by atoms with van der Waals surface area (Å²) in [7, 11) is 0. The van der Waals surface area contributed by atoms with Crippen molar-refractivity contribution in [3.05, 3.63) is 78.0 Å². The molecule has 0 unspecified atom stereocenters. The van der Waals surface area contributed by atoms with Gasteiger partial charge in [0.25, 0.3) is 5.91 Å². The number of anilines is 4. The van der Waals surface area contributed by atoms with Crippen LogP contribution in [-0.2, 0) is 0 Å². The minimum atomic E-state index is -1.06. The average Bonchev–Trinajstić information content (AvgIpc) is 2.85. The molecule has 36 heavy (non-hydrogen) atoms. The maximum atomic E-state index is 13.1. The van der Waals surface area contributed by atoms with Crippen LogP contribution in [0.2, 0.25) is 0 Å². The lowest BCUT2D eigenvalue weighted by molar-refractivity contribution is -0.0167. The van der Waals surface area contributed by atoms with Crippen LogP contribution < -0.4 is 16.0 Å². The zero-order chi connectivity index (χ0) is 24.7. The van der Waals surface area contributed by atoms with Gasteiger partial charge in [0, 0.05) is 28.2 Å². The molecular formula is C29H30N4O3. The Labute approximate surface area is 210 Å². The number of pyridine rings is 1. The lowest BCUT2D eigenvalue weighted by Crippen LogP contribution is -2.59. The third kappa shape index (κ3) is 4.65. The van der Waals surface area contributed by atoms with Crippen LogP contribution in [0.4, 0.5) is 22.9 Å². The first-order valence-corrected chi connectivity index (χ1v) is 12.7. The van der Waals surface area contributed by atoms with Crippen LogP contribution in [0.15, 0.2) is 66.7 Å². The molecule has 0 saturated heterocycles.